The molecule has 1 aromatic rings. The maximum Gasteiger partial charge on any atom is 0.416 e. The Bertz CT molecular complexity index is 528. The van der Waals surface area contributed by atoms with Crippen molar-refractivity contribution in [3.05, 3.63) is 35.1 Å². The number of nitrogens with one attached hydrogen (secondary N) is 1. The number of alkyl halides is 3. The Kier molecular flexibility index (Phi) is 5.45. The molecular weight excluding hydrogens is 320 g/mol. The molecule has 2 aliphatic rings. The Labute approximate surface area is 140 Å². The highest BCUT2D eigenvalue weighted by Crippen LogP contribution is 2.41. The zero-order valence-electron chi connectivity index (χ0n) is 13.7. The Balaban J connectivity index is 1.97. The monoisotopic (exact) mass is 344 g/mol. The first-order valence-electron chi connectivity index (χ1n) is 8.78. The van der Waals surface area contributed by atoms with Gasteiger partial charge in [-0.05, 0) is 37.0 Å². The number of benzene rings is 1. The van der Waals surface area contributed by atoms with Crippen LogP contribution in [0.15, 0.2) is 18.2 Å². The van der Waals surface area contributed by atoms with E-state index in [4.69, 9.17) is 0 Å². The molecule has 0 aromatic heterocycles. The lowest BCUT2D eigenvalue weighted by atomic mass is 9.79. The van der Waals surface area contributed by atoms with Gasteiger partial charge in [0.05, 0.1) is 5.56 Å². The number of hydrogen-bond acceptors (Lipinski definition) is 2. The highest BCUT2D eigenvalue weighted by atomic mass is 19.4. The van der Waals surface area contributed by atoms with Crippen LogP contribution in [-0.4, -0.2) is 31.1 Å². The zero-order chi connectivity index (χ0) is 17.2. The summed E-state index contributed by atoms with van der Waals surface area (Å²) in [6.45, 7) is 3.08. The van der Waals surface area contributed by atoms with E-state index in [1.54, 1.807) is 0 Å². The molecule has 0 bridgehead atoms. The number of nitrogens with zero attached hydrogens (tertiary/aromatic N) is 1. The maximum absolute atomic E-state index is 14.5. The van der Waals surface area contributed by atoms with Gasteiger partial charge in [-0.15, -0.1) is 0 Å². The van der Waals surface area contributed by atoms with Crippen LogP contribution in [0.2, 0.25) is 0 Å². The summed E-state index contributed by atoms with van der Waals surface area (Å²) in [5, 5.41) is 3.26. The van der Waals surface area contributed by atoms with Crippen molar-refractivity contribution in [2.24, 2.45) is 5.92 Å². The van der Waals surface area contributed by atoms with Crippen LogP contribution in [0.25, 0.3) is 0 Å². The average Bonchev–Trinajstić information content (AvgIpc) is 2.58. The molecule has 3 rings (SSSR count). The SMILES string of the molecule is Fc1ccc(C(F)(F)F)cc1[C@@H](C1CCCCC1)N1CCNCC1. The summed E-state index contributed by atoms with van der Waals surface area (Å²) in [5.74, 6) is -0.285. The first-order chi connectivity index (χ1) is 11.5. The van der Waals surface area contributed by atoms with E-state index in [1.807, 2.05) is 0 Å². The Morgan fingerprint density at radius 3 is 2.33 bits per heavy atom. The highest BCUT2D eigenvalue weighted by Gasteiger charge is 2.36. The molecular formula is C18H24F4N2. The first-order valence-corrected chi connectivity index (χ1v) is 8.78. The zero-order valence-corrected chi connectivity index (χ0v) is 13.7. The summed E-state index contributed by atoms with van der Waals surface area (Å²) >= 11 is 0. The van der Waals surface area contributed by atoms with Gasteiger partial charge in [0.15, 0.2) is 0 Å². The van der Waals surface area contributed by atoms with Crippen molar-refractivity contribution < 1.29 is 17.6 Å². The van der Waals surface area contributed by atoms with Crippen LogP contribution in [0.3, 0.4) is 0 Å². The van der Waals surface area contributed by atoms with Crippen molar-refractivity contribution in [2.45, 2.75) is 44.3 Å². The van der Waals surface area contributed by atoms with Gasteiger partial charge in [0, 0.05) is 37.8 Å². The van der Waals surface area contributed by atoms with Crippen LogP contribution in [0.5, 0.6) is 0 Å². The quantitative estimate of drug-likeness (QED) is 0.819. The van der Waals surface area contributed by atoms with E-state index in [9.17, 15) is 17.6 Å². The van der Waals surface area contributed by atoms with Gasteiger partial charge >= 0.3 is 6.18 Å². The minimum absolute atomic E-state index is 0.221. The molecule has 0 spiro atoms. The Morgan fingerprint density at radius 2 is 1.71 bits per heavy atom. The van der Waals surface area contributed by atoms with Gasteiger partial charge in [0.2, 0.25) is 0 Å². The Morgan fingerprint density at radius 1 is 1.04 bits per heavy atom. The largest absolute Gasteiger partial charge is 0.416 e. The van der Waals surface area contributed by atoms with Gasteiger partial charge < -0.3 is 5.32 Å². The van der Waals surface area contributed by atoms with Gasteiger partial charge in [-0.1, -0.05) is 19.3 Å². The third-order valence-corrected chi connectivity index (χ3v) is 5.28. The fourth-order valence-electron chi connectivity index (χ4n) is 4.11. The van der Waals surface area contributed by atoms with E-state index in [0.29, 0.717) is 0 Å². The molecule has 24 heavy (non-hydrogen) atoms. The van der Waals surface area contributed by atoms with Crippen molar-refractivity contribution in [3.63, 3.8) is 0 Å². The summed E-state index contributed by atoms with van der Waals surface area (Å²) in [4.78, 5) is 2.17. The first kappa shape index (κ1) is 17.7. The second-order valence-electron chi connectivity index (χ2n) is 6.86. The minimum Gasteiger partial charge on any atom is -0.314 e. The van der Waals surface area contributed by atoms with Crippen LogP contribution >= 0.6 is 0 Å². The lowest BCUT2D eigenvalue weighted by Gasteiger charge is -2.41. The van der Waals surface area contributed by atoms with Crippen LogP contribution < -0.4 is 5.32 Å². The third kappa shape index (κ3) is 3.91. The normalized spacial score (nSPS) is 22.5. The third-order valence-electron chi connectivity index (χ3n) is 5.28. The maximum atomic E-state index is 14.5. The number of rotatable bonds is 3. The molecule has 0 amide bonds. The van der Waals surface area contributed by atoms with E-state index in [-0.39, 0.29) is 17.5 Å². The fourth-order valence-corrected chi connectivity index (χ4v) is 4.11. The molecule has 1 atom stereocenters. The van der Waals surface area contributed by atoms with Crippen molar-refractivity contribution in [1.29, 1.82) is 0 Å². The van der Waals surface area contributed by atoms with E-state index in [0.717, 1.165) is 76.5 Å². The van der Waals surface area contributed by atoms with Crippen molar-refractivity contribution in [1.82, 2.24) is 10.2 Å². The van der Waals surface area contributed by atoms with Gasteiger partial charge in [-0.2, -0.15) is 13.2 Å². The molecule has 1 saturated heterocycles. The van der Waals surface area contributed by atoms with E-state index >= 15 is 0 Å². The molecule has 2 nitrogen and oxygen atoms in total. The van der Waals surface area contributed by atoms with Crippen LogP contribution in [0, 0.1) is 11.7 Å². The summed E-state index contributed by atoms with van der Waals surface area (Å²) in [6, 6.07) is 2.61. The standard InChI is InChI=1S/C18H24F4N2/c19-16-7-6-14(18(20,21)22)12-15(16)17(13-4-2-1-3-5-13)24-10-8-23-9-11-24/h6-7,12-13,17,23H,1-5,8-11H2/t17-/m1/s1. The molecule has 0 radical (unpaired) electrons. The smallest absolute Gasteiger partial charge is 0.314 e. The topological polar surface area (TPSA) is 15.3 Å². The summed E-state index contributed by atoms with van der Waals surface area (Å²) < 4.78 is 53.8. The van der Waals surface area contributed by atoms with Gasteiger partial charge in [-0.25, -0.2) is 4.39 Å². The molecule has 1 N–H and O–H groups in total. The van der Waals surface area contributed by atoms with E-state index < -0.39 is 17.6 Å². The molecule has 0 unspecified atom stereocenters. The van der Waals surface area contributed by atoms with Crippen LogP contribution in [0.4, 0.5) is 17.6 Å². The molecule has 1 aliphatic carbocycles. The van der Waals surface area contributed by atoms with Gasteiger partial charge in [0.1, 0.15) is 5.82 Å². The summed E-state index contributed by atoms with van der Waals surface area (Å²) in [6.07, 6.45) is 0.801. The van der Waals surface area contributed by atoms with Crippen molar-refractivity contribution in [2.75, 3.05) is 26.2 Å². The van der Waals surface area contributed by atoms with E-state index in [1.165, 1.54) is 0 Å². The van der Waals surface area contributed by atoms with Gasteiger partial charge in [-0.3, -0.25) is 4.90 Å². The molecule has 1 heterocycles. The van der Waals surface area contributed by atoms with E-state index in [2.05, 4.69) is 10.2 Å². The number of hydrogen-bond donors (Lipinski definition) is 1. The number of piperazine rings is 1. The summed E-state index contributed by atoms with van der Waals surface area (Å²) in [5.41, 5.74) is -0.534. The predicted octanol–water partition coefficient (Wildman–Crippen LogP) is 4.37. The highest BCUT2D eigenvalue weighted by molar-refractivity contribution is 5.30. The molecule has 1 aromatic carbocycles. The van der Waals surface area contributed by atoms with Crippen molar-refractivity contribution >= 4 is 0 Å². The predicted molar refractivity (Wildman–Crippen MR) is 85.2 cm³/mol. The lowest BCUT2D eigenvalue weighted by molar-refractivity contribution is -0.137. The summed E-state index contributed by atoms with van der Waals surface area (Å²) in [7, 11) is 0. The minimum atomic E-state index is -4.44. The molecule has 1 saturated carbocycles. The molecule has 2 fully saturated rings. The Hall–Kier alpha value is -1.14. The number of halogens is 4. The molecule has 1 aliphatic heterocycles. The second kappa shape index (κ2) is 7.40. The molecule has 134 valence electrons. The van der Waals surface area contributed by atoms with Crippen molar-refractivity contribution in [3.8, 4) is 0 Å². The molecule has 6 heteroatoms. The van der Waals surface area contributed by atoms with Crippen LogP contribution in [0.1, 0.15) is 49.3 Å². The van der Waals surface area contributed by atoms with Gasteiger partial charge in [0.25, 0.3) is 0 Å². The fraction of sp³-hybridized carbons (Fsp3) is 0.667. The average molecular weight is 344 g/mol. The van der Waals surface area contributed by atoms with Crippen LogP contribution in [-0.2, 0) is 6.18 Å². The lowest BCUT2D eigenvalue weighted by Crippen LogP contribution is -2.47. The second-order valence-corrected chi connectivity index (χ2v) is 6.86.